The molecule has 0 bridgehead atoms. The second-order valence-corrected chi connectivity index (χ2v) is 15.9. The van der Waals surface area contributed by atoms with Crippen molar-refractivity contribution in [2.24, 2.45) is 10.1 Å². The van der Waals surface area contributed by atoms with E-state index in [1.165, 1.54) is 22.2 Å². The van der Waals surface area contributed by atoms with Crippen LogP contribution in [0, 0.1) is 20.8 Å². The molecule has 1 aliphatic rings. The van der Waals surface area contributed by atoms with E-state index in [0.717, 1.165) is 105 Å². The van der Waals surface area contributed by atoms with E-state index in [9.17, 15) is 0 Å². The largest absolute Gasteiger partial charge is 0.399 e. The third-order valence-electron chi connectivity index (χ3n) is 11.3. The number of fused-ring (bicyclic) bond motifs is 4. The number of nitrogens with one attached hydrogen (secondary N) is 1. The van der Waals surface area contributed by atoms with Gasteiger partial charge in [-0.25, -0.2) is 14.5 Å². The predicted molar refractivity (Wildman–Crippen MR) is 264 cm³/mol. The number of benzene rings is 5. The zero-order chi connectivity index (χ0) is 44.9. The molecule has 324 valence electrons. The summed E-state index contributed by atoms with van der Waals surface area (Å²) in [6.45, 7) is 20.7. The van der Waals surface area contributed by atoms with Crippen LogP contribution in [0.25, 0.3) is 50.1 Å². The summed E-state index contributed by atoms with van der Waals surface area (Å²) in [5, 5.41) is 28.5. The molecule has 0 aliphatic carbocycles. The minimum atomic E-state index is 0.677. The third-order valence-corrected chi connectivity index (χ3v) is 11.3. The molecular formula is C51H55N13. The molecule has 0 atom stereocenters. The van der Waals surface area contributed by atoms with Gasteiger partial charge in [0.1, 0.15) is 11.5 Å². The maximum Gasteiger partial charge on any atom is 0.205 e. The van der Waals surface area contributed by atoms with Crippen molar-refractivity contribution in [1.29, 1.82) is 0 Å². The van der Waals surface area contributed by atoms with Gasteiger partial charge in [0.05, 0.1) is 16.9 Å². The van der Waals surface area contributed by atoms with Crippen LogP contribution in [0.5, 0.6) is 0 Å². The fraction of sp³-hybridized carbons (Fsp3) is 0.235. The van der Waals surface area contributed by atoms with Gasteiger partial charge in [0.2, 0.25) is 5.82 Å². The van der Waals surface area contributed by atoms with Gasteiger partial charge in [-0.1, -0.05) is 59.7 Å². The molecule has 0 spiro atoms. The Morgan fingerprint density at radius 1 is 0.594 bits per heavy atom. The van der Waals surface area contributed by atoms with E-state index in [-0.39, 0.29) is 0 Å². The molecule has 0 amide bonds. The Kier molecular flexibility index (Phi) is 12.6. The normalized spacial score (nSPS) is 12.5. The first-order valence-corrected chi connectivity index (χ1v) is 21.9. The van der Waals surface area contributed by atoms with E-state index in [0.29, 0.717) is 5.82 Å². The van der Waals surface area contributed by atoms with Crippen molar-refractivity contribution >= 4 is 61.6 Å². The fourth-order valence-corrected chi connectivity index (χ4v) is 7.91. The Morgan fingerprint density at radius 2 is 1.23 bits per heavy atom. The molecular weight excluding hydrogens is 795 g/mol. The molecule has 4 aromatic heterocycles. The highest BCUT2D eigenvalue weighted by Crippen LogP contribution is 2.29. The number of nitrogens with zero attached hydrogens (tertiary/aromatic N) is 11. The molecule has 0 unspecified atom stereocenters. The van der Waals surface area contributed by atoms with Gasteiger partial charge in [-0.15, -0.1) is 20.4 Å². The summed E-state index contributed by atoms with van der Waals surface area (Å²) in [6.07, 6.45) is 0. The fourth-order valence-electron chi connectivity index (χ4n) is 7.91. The van der Waals surface area contributed by atoms with Gasteiger partial charge in [-0.05, 0) is 133 Å². The van der Waals surface area contributed by atoms with Gasteiger partial charge in [0.25, 0.3) is 0 Å². The third kappa shape index (κ3) is 9.10. The molecule has 0 radical (unpaired) electrons. The van der Waals surface area contributed by atoms with E-state index in [1.807, 2.05) is 66.9 Å². The maximum atomic E-state index is 5.74. The number of anilines is 3. The Labute approximate surface area is 374 Å². The van der Waals surface area contributed by atoms with Crippen molar-refractivity contribution < 1.29 is 0 Å². The van der Waals surface area contributed by atoms with Crippen LogP contribution in [-0.4, -0.2) is 77.3 Å². The summed E-state index contributed by atoms with van der Waals surface area (Å²) < 4.78 is 3.70. The summed E-state index contributed by atoms with van der Waals surface area (Å²) in [5.41, 5.74) is 17.6. The number of hydrogen-bond acceptors (Lipinski definition) is 10. The van der Waals surface area contributed by atoms with Crippen LogP contribution in [0.3, 0.4) is 0 Å². The van der Waals surface area contributed by atoms with Crippen LogP contribution >= 0.6 is 0 Å². The van der Waals surface area contributed by atoms with Crippen molar-refractivity contribution in [2.75, 3.05) is 41.7 Å². The SMILES string of the molecule is CCN(CC)c1ccc2cc(N)ccc2n1.CCN(CC)c1ccc2cc(N=C3C(C)=Nn4c3nnc4-c3cccc(C)c3)ccc2c1.Cc1cccc(-c2nnc3cc(C)[nH]n23)c1. The van der Waals surface area contributed by atoms with Crippen molar-refractivity contribution in [2.45, 2.75) is 55.4 Å². The average Bonchev–Trinajstić information content (AvgIpc) is 4.06. The predicted octanol–water partition coefficient (Wildman–Crippen LogP) is 10.6. The van der Waals surface area contributed by atoms with E-state index in [1.54, 1.807) is 4.68 Å². The number of H-pyrrole nitrogens is 1. The van der Waals surface area contributed by atoms with Crippen molar-refractivity contribution in [3.05, 3.63) is 144 Å². The Morgan fingerprint density at radius 3 is 1.94 bits per heavy atom. The van der Waals surface area contributed by atoms with Gasteiger partial charge in [-0.3, -0.25) is 5.10 Å². The monoisotopic (exact) mass is 849 g/mol. The van der Waals surface area contributed by atoms with Crippen molar-refractivity contribution in [1.82, 2.24) is 39.7 Å². The number of aliphatic imine (C=N–C) groups is 1. The van der Waals surface area contributed by atoms with Gasteiger partial charge in [-0.2, -0.15) is 9.78 Å². The molecule has 9 aromatic rings. The number of aryl methyl sites for hydroxylation is 3. The lowest BCUT2D eigenvalue weighted by Gasteiger charge is -2.21. The molecule has 1 aliphatic heterocycles. The molecule has 0 saturated heterocycles. The van der Waals surface area contributed by atoms with Crippen LogP contribution in [0.2, 0.25) is 0 Å². The summed E-state index contributed by atoms with van der Waals surface area (Å²) in [4.78, 5) is 14.1. The molecule has 13 nitrogen and oxygen atoms in total. The Hall–Kier alpha value is -7.67. The van der Waals surface area contributed by atoms with Crippen molar-refractivity contribution in [3.8, 4) is 22.8 Å². The van der Waals surface area contributed by atoms with Crippen LogP contribution in [0.4, 0.5) is 22.9 Å². The highest BCUT2D eigenvalue weighted by atomic mass is 15.5. The van der Waals surface area contributed by atoms with E-state index in [4.69, 9.17) is 10.7 Å². The summed E-state index contributed by atoms with van der Waals surface area (Å²) in [5.74, 6) is 3.29. The Balaban J connectivity index is 0.000000146. The first-order valence-electron chi connectivity index (χ1n) is 21.9. The van der Waals surface area contributed by atoms with Gasteiger partial charge in [0.15, 0.2) is 17.3 Å². The van der Waals surface area contributed by atoms with E-state index < -0.39 is 0 Å². The summed E-state index contributed by atoms with van der Waals surface area (Å²) in [6, 6.07) is 41.3. The highest BCUT2D eigenvalue weighted by molar-refractivity contribution is 6.48. The number of pyridine rings is 1. The number of nitrogen functional groups attached to an aromatic ring is 1. The standard InChI is InChI=1S/C26H26N6.C13H17N3.C12H12N4/c1-5-31(6-2)23-13-11-19-15-22(12-10-20(19)16-23)27-24-18(4)30-32-25(28-29-26(24)32)21-9-7-8-17(3)14-21;1-3-16(4-2)13-8-5-10-9-11(14)6-7-12(10)15-13;1-8-4-3-5-10(6-8)12-14-13-11-7-9(2)15-16(11)12/h7-16H,5-6H2,1-4H3;5-9H,3-4,14H2,1-2H3;3-7,15H,1-2H3. The van der Waals surface area contributed by atoms with Crippen LogP contribution in [-0.2, 0) is 0 Å². The molecule has 3 N–H and O–H groups in total. The second-order valence-electron chi connectivity index (χ2n) is 15.9. The van der Waals surface area contributed by atoms with E-state index in [2.05, 4.69) is 160 Å². The lowest BCUT2D eigenvalue weighted by molar-refractivity contribution is 0.850. The highest BCUT2D eigenvalue weighted by Gasteiger charge is 2.26. The van der Waals surface area contributed by atoms with Gasteiger partial charge < -0.3 is 15.5 Å². The van der Waals surface area contributed by atoms with Crippen molar-refractivity contribution in [3.63, 3.8) is 0 Å². The molecule has 0 saturated carbocycles. The zero-order valence-electron chi connectivity index (χ0n) is 37.9. The topological polar surface area (TPSA) is 147 Å². The maximum absolute atomic E-state index is 5.74. The first kappa shape index (κ1) is 43.0. The number of hydrogen-bond donors (Lipinski definition) is 2. The van der Waals surface area contributed by atoms with Crippen LogP contribution in [0.1, 0.15) is 57.3 Å². The van der Waals surface area contributed by atoms with Gasteiger partial charge in [0, 0.05) is 65.8 Å². The minimum Gasteiger partial charge on any atom is -0.399 e. The molecule has 10 rings (SSSR count). The molecule has 0 fully saturated rings. The summed E-state index contributed by atoms with van der Waals surface area (Å²) in [7, 11) is 0. The number of rotatable bonds is 9. The first-order chi connectivity index (χ1) is 31.0. The molecule has 5 heterocycles. The minimum absolute atomic E-state index is 0.677. The van der Waals surface area contributed by atoms with Crippen LogP contribution < -0.4 is 15.5 Å². The second kappa shape index (κ2) is 18.7. The average molecular weight is 850 g/mol. The lowest BCUT2D eigenvalue weighted by atomic mass is 10.1. The zero-order valence-corrected chi connectivity index (χ0v) is 37.9. The summed E-state index contributed by atoms with van der Waals surface area (Å²) >= 11 is 0. The molecule has 5 aromatic carbocycles. The number of aromatic nitrogens is 8. The quantitative estimate of drug-likeness (QED) is 0.136. The van der Waals surface area contributed by atoms with E-state index >= 15 is 0 Å². The molecule has 64 heavy (non-hydrogen) atoms. The number of nitrogens with two attached hydrogens (primary N) is 1. The molecule has 13 heteroatoms. The Bertz CT molecular complexity index is 3140. The number of aromatic amines is 1. The smallest absolute Gasteiger partial charge is 0.205 e. The van der Waals surface area contributed by atoms with Crippen LogP contribution in [0.15, 0.2) is 131 Å². The van der Waals surface area contributed by atoms with Gasteiger partial charge >= 0.3 is 0 Å². The lowest BCUT2D eigenvalue weighted by Crippen LogP contribution is -2.22.